The predicted octanol–water partition coefficient (Wildman–Crippen LogP) is 3.89. The normalized spacial score (nSPS) is 10.6. The molecule has 0 saturated heterocycles. The van der Waals surface area contributed by atoms with E-state index < -0.39 is 0 Å². The molecule has 0 aliphatic heterocycles. The summed E-state index contributed by atoms with van der Waals surface area (Å²) in [6.45, 7) is 4.12. The van der Waals surface area contributed by atoms with Crippen molar-refractivity contribution in [3.63, 3.8) is 0 Å². The first kappa shape index (κ1) is 12.5. The van der Waals surface area contributed by atoms with E-state index in [1.54, 1.807) is 6.07 Å². The third kappa shape index (κ3) is 2.33. The Morgan fingerprint density at radius 2 is 1.72 bits per heavy atom. The van der Waals surface area contributed by atoms with Gasteiger partial charge in [-0.05, 0) is 35.6 Å². The van der Waals surface area contributed by atoms with Crippen molar-refractivity contribution in [2.75, 3.05) is 0 Å². The van der Waals surface area contributed by atoms with E-state index in [4.69, 9.17) is 0 Å². The molecule has 2 heteroatoms. The molecule has 0 atom stereocenters. The maximum absolute atomic E-state index is 10.1. The first-order chi connectivity index (χ1) is 8.65. The summed E-state index contributed by atoms with van der Waals surface area (Å²) in [4.78, 5) is 0. The van der Waals surface area contributed by atoms with Crippen molar-refractivity contribution in [3.05, 3.63) is 47.5 Å². The summed E-state index contributed by atoms with van der Waals surface area (Å²) in [7, 11) is 0. The van der Waals surface area contributed by atoms with Crippen molar-refractivity contribution in [2.24, 2.45) is 0 Å². The molecule has 0 unspecified atom stereocenters. The zero-order valence-electron chi connectivity index (χ0n) is 10.8. The lowest BCUT2D eigenvalue weighted by Gasteiger charge is -2.12. The summed E-state index contributed by atoms with van der Waals surface area (Å²) in [5, 5.41) is 19.6. The Balaban J connectivity index is 2.62. The Hall–Kier alpha value is -1.96. The molecule has 0 heterocycles. The molecule has 0 amide bonds. The number of phenolic OH excluding ortho intramolecular Hbond substituents is 2. The molecule has 2 N–H and O–H groups in total. The molecule has 94 valence electrons. The van der Waals surface area contributed by atoms with Gasteiger partial charge < -0.3 is 10.2 Å². The van der Waals surface area contributed by atoms with Crippen LogP contribution in [0.5, 0.6) is 11.5 Å². The SMILES string of the molecule is CCc1cccc(-c2c(O)cc(O)cc2CC)c1. The number of aromatic hydroxyl groups is 2. The molecule has 0 aromatic heterocycles. The molecule has 2 rings (SSSR count). The van der Waals surface area contributed by atoms with Crippen molar-refractivity contribution in [1.82, 2.24) is 0 Å². The van der Waals surface area contributed by atoms with Gasteiger partial charge in [-0.25, -0.2) is 0 Å². The third-order valence-electron chi connectivity index (χ3n) is 3.19. The fourth-order valence-electron chi connectivity index (χ4n) is 2.23. The standard InChI is InChI=1S/C16H18O2/c1-3-11-6-5-7-13(8-11)16-12(4-2)9-14(17)10-15(16)18/h5-10,17-18H,3-4H2,1-2H3. The number of aryl methyl sites for hydroxylation is 2. The van der Waals surface area contributed by atoms with Crippen LogP contribution in [-0.2, 0) is 12.8 Å². The van der Waals surface area contributed by atoms with E-state index in [2.05, 4.69) is 19.1 Å². The third-order valence-corrected chi connectivity index (χ3v) is 3.19. The zero-order chi connectivity index (χ0) is 13.1. The molecule has 0 fully saturated rings. The van der Waals surface area contributed by atoms with Crippen LogP contribution in [0.2, 0.25) is 0 Å². The molecule has 18 heavy (non-hydrogen) atoms. The van der Waals surface area contributed by atoms with E-state index in [1.807, 2.05) is 19.1 Å². The fourth-order valence-corrected chi connectivity index (χ4v) is 2.23. The number of benzene rings is 2. The van der Waals surface area contributed by atoms with Crippen LogP contribution in [0, 0.1) is 0 Å². The predicted molar refractivity (Wildman–Crippen MR) is 74.0 cm³/mol. The quantitative estimate of drug-likeness (QED) is 0.857. The minimum atomic E-state index is 0.111. The summed E-state index contributed by atoms with van der Waals surface area (Å²) in [5.41, 5.74) is 4.03. The Morgan fingerprint density at radius 1 is 0.944 bits per heavy atom. The van der Waals surface area contributed by atoms with Crippen LogP contribution in [0.15, 0.2) is 36.4 Å². The molecule has 0 radical (unpaired) electrons. The van der Waals surface area contributed by atoms with Gasteiger partial charge >= 0.3 is 0 Å². The van der Waals surface area contributed by atoms with Gasteiger partial charge in [0.2, 0.25) is 0 Å². The molecule has 0 spiro atoms. The molecule has 2 nitrogen and oxygen atoms in total. The maximum atomic E-state index is 10.1. The highest BCUT2D eigenvalue weighted by Crippen LogP contribution is 2.36. The lowest BCUT2D eigenvalue weighted by atomic mass is 9.95. The maximum Gasteiger partial charge on any atom is 0.127 e. The van der Waals surface area contributed by atoms with Gasteiger partial charge in [-0.2, -0.15) is 0 Å². The van der Waals surface area contributed by atoms with Gasteiger partial charge in [0.15, 0.2) is 0 Å². The molecule has 2 aromatic carbocycles. The second-order valence-corrected chi connectivity index (χ2v) is 4.41. The molecular formula is C16H18O2. The van der Waals surface area contributed by atoms with Crippen molar-refractivity contribution < 1.29 is 10.2 Å². The zero-order valence-corrected chi connectivity index (χ0v) is 10.8. The lowest BCUT2D eigenvalue weighted by molar-refractivity contribution is 0.451. The van der Waals surface area contributed by atoms with Crippen LogP contribution in [0.4, 0.5) is 0 Å². The van der Waals surface area contributed by atoms with E-state index in [9.17, 15) is 10.2 Å². The molecular weight excluding hydrogens is 224 g/mol. The Kier molecular flexibility index (Phi) is 3.56. The summed E-state index contributed by atoms with van der Waals surface area (Å²) in [5.74, 6) is 0.250. The second kappa shape index (κ2) is 5.13. The van der Waals surface area contributed by atoms with Gasteiger partial charge in [0.25, 0.3) is 0 Å². The van der Waals surface area contributed by atoms with Crippen LogP contribution in [-0.4, -0.2) is 10.2 Å². The second-order valence-electron chi connectivity index (χ2n) is 4.41. The van der Waals surface area contributed by atoms with Crippen LogP contribution >= 0.6 is 0 Å². The molecule has 0 bridgehead atoms. The first-order valence-corrected chi connectivity index (χ1v) is 6.29. The molecule has 0 saturated carbocycles. The van der Waals surface area contributed by atoms with Crippen molar-refractivity contribution in [2.45, 2.75) is 26.7 Å². The first-order valence-electron chi connectivity index (χ1n) is 6.29. The number of rotatable bonds is 3. The monoisotopic (exact) mass is 242 g/mol. The van der Waals surface area contributed by atoms with Gasteiger partial charge in [0.05, 0.1) is 0 Å². The highest BCUT2D eigenvalue weighted by molar-refractivity contribution is 5.75. The van der Waals surface area contributed by atoms with Crippen LogP contribution in [0.25, 0.3) is 11.1 Å². The smallest absolute Gasteiger partial charge is 0.127 e. The van der Waals surface area contributed by atoms with Crippen LogP contribution in [0.1, 0.15) is 25.0 Å². The van der Waals surface area contributed by atoms with Gasteiger partial charge in [-0.15, -0.1) is 0 Å². The topological polar surface area (TPSA) is 40.5 Å². The Morgan fingerprint density at radius 3 is 2.39 bits per heavy atom. The van der Waals surface area contributed by atoms with E-state index in [-0.39, 0.29) is 11.5 Å². The van der Waals surface area contributed by atoms with Crippen molar-refractivity contribution >= 4 is 0 Å². The van der Waals surface area contributed by atoms with Gasteiger partial charge in [-0.1, -0.05) is 38.1 Å². The summed E-state index contributed by atoms with van der Waals surface area (Å²) in [6, 6.07) is 11.3. The minimum absolute atomic E-state index is 0.111. The Labute approximate surface area is 108 Å². The van der Waals surface area contributed by atoms with Crippen molar-refractivity contribution in [3.8, 4) is 22.6 Å². The number of phenols is 2. The van der Waals surface area contributed by atoms with E-state index in [0.29, 0.717) is 0 Å². The number of hydrogen-bond donors (Lipinski definition) is 2. The van der Waals surface area contributed by atoms with Crippen LogP contribution < -0.4 is 0 Å². The van der Waals surface area contributed by atoms with Gasteiger partial charge in [0.1, 0.15) is 11.5 Å². The van der Waals surface area contributed by atoms with E-state index >= 15 is 0 Å². The highest BCUT2D eigenvalue weighted by atomic mass is 16.3. The lowest BCUT2D eigenvalue weighted by Crippen LogP contribution is -1.90. The van der Waals surface area contributed by atoms with Crippen LogP contribution in [0.3, 0.4) is 0 Å². The molecule has 0 aliphatic carbocycles. The summed E-state index contributed by atoms with van der Waals surface area (Å²) in [6.07, 6.45) is 1.74. The average molecular weight is 242 g/mol. The summed E-state index contributed by atoms with van der Waals surface area (Å²) >= 11 is 0. The van der Waals surface area contributed by atoms with Gasteiger partial charge in [-0.3, -0.25) is 0 Å². The highest BCUT2D eigenvalue weighted by Gasteiger charge is 2.11. The van der Waals surface area contributed by atoms with E-state index in [0.717, 1.165) is 29.5 Å². The Bertz CT molecular complexity index is 559. The van der Waals surface area contributed by atoms with Crippen molar-refractivity contribution in [1.29, 1.82) is 0 Å². The van der Waals surface area contributed by atoms with Gasteiger partial charge in [0, 0.05) is 11.6 Å². The molecule has 0 aliphatic rings. The largest absolute Gasteiger partial charge is 0.508 e. The number of hydrogen-bond acceptors (Lipinski definition) is 2. The minimum Gasteiger partial charge on any atom is -0.508 e. The average Bonchev–Trinajstić information content (AvgIpc) is 2.37. The molecule has 2 aromatic rings. The summed E-state index contributed by atoms with van der Waals surface area (Å²) < 4.78 is 0. The van der Waals surface area contributed by atoms with E-state index in [1.165, 1.54) is 11.6 Å². The fraction of sp³-hybridized carbons (Fsp3) is 0.250.